The van der Waals surface area contributed by atoms with Gasteiger partial charge in [-0.15, -0.1) is 0 Å². The molecule has 6 heteroatoms. The third-order valence-corrected chi connectivity index (χ3v) is 6.01. The first-order chi connectivity index (χ1) is 17.8. The standard InChI is InChI=1S/C30H23N6/c1-4-11-21(12-5-1)27-32-25(24-17-10-18-31-20-24)19-26(33-27)30-35-28(22-13-6-2-7-14-22)34-29(36-30)23-15-8-3-9-16-23/h1-20,25,27,33H/q-1. The summed E-state index contributed by atoms with van der Waals surface area (Å²) in [6.45, 7) is 0. The molecule has 3 aromatic carbocycles. The fourth-order valence-corrected chi connectivity index (χ4v) is 4.20. The SMILES string of the molecule is C1=C(c2nc(-c3ccccc3)nc(-c3ccccc3)n2)NC(c2ccccc2)[N-]C1c1cccnc1. The van der Waals surface area contributed by atoms with Crippen molar-refractivity contribution in [2.24, 2.45) is 0 Å². The van der Waals surface area contributed by atoms with Crippen molar-refractivity contribution < 1.29 is 0 Å². The van der Waals surface area contributed by atoms with Gasteiger partial charge in [0.05, 0.1) is 5.70 Å². The molecule has 0 aliphatic carbocycles. The van der Waals surface area contributed by atoms with Gasteiger partial charge in [0.15, 0.2) is 17.5 Å². The zero-order valence-corrected chi connectivity index (χ0v) is 19.4. The molecule has 2 unspecified atom stereocenters. The Labute approximate surface area is 209 Å². The Balaban J connectivity index is 1.49. The van der Waals surface area contributed by atoms with Gasteiger partial charge in [0.1, 0.15) is 0 Å². The van der Waals surface area contributed by atoms with E-state index in [2.05, 4.69) is 28.5 Å². The van der Waals surface area contributed by atoms with Crippen LogP contribution in [0.3, 0.4) is 0 Å². The fourth-order valence-electron chi connectivity index (χ4n) is 4.20. The predicted octanol–water partition coefficient (Wildman–Crippen LogP) is 6.36. The smallest absolute Gasteiger partial charge is 0.179 e. The number of hydrogen-bond donors (Lipinski definition) is 1. The number of pyridine rings is 1. The lowest BCUT2D eigenvalue weighted by atomic mass is 10.0. The van der Waals surface area contributed by atoms with Crippen molar-refractivity contribution in [3.05, 3.63) is 144 Å². The van der Waals surface area contributed by atoms with Gasteiger partial charge < -0.3 is 10.6 Å². The minimum atomic E-state index is -0.256. The Morgan fingerprint density at radius 1 is 0.583 bits per heavy atom. The number of rotatable bonds is 5. The second kappa shape index (κ2) is 9.90. The normalized spacial score (nSPS) is 17.2. The first-order valence-electron chi connectivity index (χ1n) is 11.8. The summed E-state index contributed by atoms with van der Waals surface area (Å²) < 4.78 is 0. The van der Waals surface area contributed by atoms with Crippen molar-refractivity contribution >= 4 is 5.70 Å². The van der Waals surface area contributed by atoms with Crippen LogP contribution in [0.1, 0.15) is 29.2 Å². The third-order valence-electron chi connectivity index (χ3n) is 6.01. The largest absolute Gasteiger partial charge is 0.629 e. The van der Waals surface area contributed by atoms with Crippen molar-refractivity contribution in [3.63, 3.8) is 0 Å². The Morgan fingerprint density at radius 3 is 1.72 bits per heavy atom. The van der Waals surface area contributed by atoms with Gasteiger partial charge in [-0.25, -0.2) is 15.0 Å². The summed E-state index contributed by atoms with van der Waals surface area (Å²) in [7, 11) is 0. The Hall–Kier alpha value is -4.68. The molecule has 0 radical (unpaired) electrons. The van der Waals surface area contributed by atoms with Crippen LogP contribution in [0.5, 0.6) is 0 Å². The maximum atomic E-state index is 5.06. The zero-order chi connectivity index (χ0) is 24.2. The molecule has 0 saturated heterocycles. The summed E-state index contributed by atoms with van der Waals surface area (Å²) >= 11 is 0. The molecule has 6 nitrogen and oxygen atoms in total. The Kier molecular flexibility index (Phi) is 6.00. The highest BCUT2D eigenvalue weighted by molar-refractivity contribution is 5.68. The summed E-state index contributed by atoms with van der Waals surface area (Å²) in [6, 6.07) is 33.9. The second-order valence-corrected chi connectivity index (χ2v) is 8.46. The minimum absolute atomic E-state index is 0.197. The highest BCUT2D eigenvalue weighted by Gasteiger charge is 2.19. The zero-order valence-electron chi connectivity index (χ0n) is 19.4. The van der Waals surface area contributed by atoms with Gasteiger partial charge in [0.25, 0.3) is 0 Å². The number of nitrogens with zero attached hydrogens (tertiary/aromatic N) is 5. The summed E-state index contributed by atoms with van der Waals surface area (Å²) in [4.78, 5) is 18.9. The predicted molar refractivity (Wildman–Crippen MR) is 141 cm³/mol. The molecule has 1 aliphatic heterocycles. The molecule has 0 amide bonds. The molecule has 36 heavy (non-hydrogen) atoms. The highest BCUT2D eigenvalue weighted by atomic mass is 15.2. The van der Waals surface area contributed by atoms with E-state index in [9.17, 15) is 0 Å². The van der Waals surface area contributed by atoms with Crippen molar-refractivity contribution in [2.75, 3.05) is 0 Å². The lowest BCUT2D eigenvalue weighted by molar-refractivity contribution is 0.658. The van der Waals surface area contributed by atoms with Gasteiger partial charge in [-0.3, -0.25) is 4.98 Å². The van der Waals surface area contributed by atoms with E-state index >= 15 is 0 Å². The van der Waals surface area contributed by atoms with E-state index in [-0.39, 0.29) is 12.2 Å². The summed E-state index contributed by atoms with van der Waals surface area (Å²) in [6.07, 6.45) is 5.44. The van der Waals surface area contributed by atoms with E-state index in [4.69, 9.17) is 20.3 Å². The van der Waals surface area contributed by atoms with Crippen molar-refractivity contribution in [1.29, 1.82) is 0 Å². The molecule has 2 atom stereocenters. The molecular weight excluding hydrogens is 444 g/mol. The van der Waals surface area contributed by atoms with E-state index < -0.39 is 0 Å². The van der Waals surface area contributed by atoms with Gasteiger partial charge in [-0.05, 0) is 23.4 Å². The number of hydrogen-bond acceptors (Lipinski definition) is 5. The van der Waals surface area contributed by atoms with Crippen LogP contribution in [-0.4, -0.2) is 19.9 Å². The van der Waals surface area contributed by atoms with E-state index in [0.29, 0.717) is 17.5 Å². The molecule has 174 valence electrons. The van der Waals surface area contributed by atoms with Crippen LogP contribution in [0.25, 0.3) is 33.8 Å². The van der Waals surface area contributed by atoms with Crippen LogP contribution in [0.15, 0.2) is 122 Å². The number of aromatic nitrogens is 4. The molecular formula is C30H23N6-. The minimum Gasteiger partial charge on any atom is -0.629 e. The molecule has 1 aliphatic rings. The van der Waals surface area contributed by atoms with Gasteiger partial charge >= 0.3 is 0 Å². The average Bonchev–Trinajstić information content (AvgIpc) is 2.98. The fraction of sp³-hybridized carbons (Fsp3) is 0.0667. The maximum absolute atomic E-state index is 5.06. The van der Waals surface area contributed by atoms with E-state index in [1.165, 1.54) is 0 Å². The van der Waals surface area contributed by atoms with E-state index in [1.54, 1.807) is 6.20 Å². The number of nitrogens with one attached hydrogen (secondary N) is 1. The summed E-state index contributed by atoms with van der Waals surface area (Å²) in [5.74, 6) is 1.82. The van der Waals surface area contributed by atoms with E-state index in [0.717, 1.165) is 28.0 Å². The summed E-state index contributed by atoms with van der Waals surface area (Å²) in [5, 5.41) is 8.62. The number of benzene rings is 3. The van der Waals surface area contributed by atoms with Gasteiger partial charge in [0, 0.05) is 23.5 Å². The molecule has 3 heterocycles. The first kappa shape index (κ1) is 21.8. The summed E-state index contributed by atoms with van der Waals surface area (Å²) in [5.41, 5.74) is 4.76. The topological polar surface area (TPSA) is 77.7 Å². The molecule has 0 bridgehead atoms. The molecule has 6 rings (SSSR count). The Bertz CT molecular complexity index is 1410. The molecule has 2 aromatic heterocycles. The van der Waals surface area contributed by atoms with Crippen molar-refractivity contribution in [2.45, 2.75) is 12.2 Å². The van der Waals surface area contributed by atoms with Gasteiger partial charge in [-0.1, -0.05) is 109 Å². The van der Waals surface area contributed by atoms with Crippen LogP contribution in [-0.2, 0) is 0 Å². The molecule has 5 aromatic rings. The monoisotopic (exact) mass is 467 g/mol. The van der Waals surface area contributed by atoms with Crippen LogP contribution in [0.2, 0.25) is 0 Å². The highest BCUT2D eigenvalue weighted by Crippen LogP contribution is 2.38. The maximum Gasteiger partial charge on any atom is 0.179 e. The Morgan fingerprint density at radius 2 is 1.14 bits per heavy atom. The quantitative estimate of drug-likeness (QED) is 0.325. The van der Waals surface area contributed by atoms with Crippen LogP contribution < -0.4 is 5.32 Å². The lowest BCUT2D eigenvalue weighted by Gasteiger charge is -2.44. The van der Waals surface area contributed by atoms with Gasteiger partial charge in [-0.2, -0.15) is 0 Å². The third kappa shape index (κ3) is 4.62. The lowest BCUT2D eigenvalue weighted by Crippen LogP contribution is -2.26. The van der Waals surface area contributed by atoms with Crippen LogP contribution in [0.4, 0.5) is 0 Å². The molecule has 1 N–H and O–H groups in total. The average molecular weight is 468 g/mol. The van der Waals surface area contributed by atoms with Crippen LogP contribution >= 0.6 is 0 Å². The second-order valence-electron chi connectivity index (χ2n) is 8.46. The molecule has 0 saturated carbocycles. The van der Waals surface area contributed by atoms with Crippen LogP contribution in [0, 0.1) is 0 Å². The van der Waals surface area contributed by atoms with Crippen molar-refractivity contribution in [1.82, 2.24) is 25.3 Å². The molecule has 0 spiro atoms. The van der Waals surface area contributed by atoms with Gasteiger partial charge in [0.2, 0.25) is 0 Å². The van der Waals surface area contributed by atoms with E-state index in [1.807, 2.05) is 97.2 Å². The first-order valence-corrected chi connectivity index (χ1v) is 11.8. The molecule has 0 fully saturated rings. The van der Waals surface area contributed by atoms with Crippen molar-refractivity contribution in [3.8, 4) is 22.8 Å².